The summed E-state index contributed by atoms with van der Waals surface area (Å²) in [4.78, 5) is 8.02. The summed E-state index contributed by atoms with van der Waals surface area (Å²) in [7, 11) is 0. The molecule has 2 N–H and O–H groups in total. The number of rotatable bonds is 9. The van der Waals surface area contributed by atoms with Crippen LogP contribution in [0.5, 0.6) is 5.75 Å². The maximum atomic E-state index is 6.24. The molecule has 0 saturated heterocycles. The van der Waals surface area contributed by atoms with E-state index in [1.165, 1.54) is 0 Å². The highest BCUT2D eigenvalue weighted by atomic mass is 79.9. The van der Waals surface area contributed by atoms with Crippen molar-refractivity contribution >= 4 is 38.6 Å². The van der Waals surface area contributed by atoms with Crippen LogP contribution in [0.25, 0.3) is 11.0 Å². The molecule has 0 radical (unpaired) electrons. The third-order valence-electron chi connectivity index (χ3n) is 4.88. The number of hydrogen-bond donors (Lipinski definition) is 2. The molecule has 4 nitrogen and oxygen atoms in total. The zero-order chi connectivity index (χ0) is 20.8. The molecule has 0 amide bonds. The molecule has 4 aromatic rings. The van der Waals surface area contributed by atoms with Gasteiger partial charge in [0.2, 0.25) is 0 Å². The fraction of sp³-hybridized carbons (Fsp3) is 0.208. The predicted octanol–water partition coefficient (Wildman–Crippen LogP) is 6.28. The standard InChI is InChI=1S/C24H23BrClN3O/c25-19-11-12-23(30-16-17-6-1-2-7-20(17)26)18(14-19)15-27-13-5-10-24-28-21-8-3-4-9-22(21)29-24/h1-4,6-9,11-12,14,27H,5,10,13,15-16H2,(H,28,29). The van der Waals surface area contributed by atoms with Crippen molar-refractivity contribution in [2.24, 2.45) is 0 Å². The van der Waals surface area contributed by atoms with Crippen molar-refractivity contribution in [2.75, 3.05) is 6.54 Å². The number of hydrogen-bond acceptors (Lipinski definition) is 3. The summed E-state index contributed by atoms with van der Waals surface area (Å²) in [5, 5.41) is 4.24. The van der Waals surface area contributed by atoms with Gasteiger partial charge in [0.1, 0.15) is 18.2 Å². The number of fused-ring (bicyclic) bond motifs is 1. The number of nitrogens with one attached hydrogen (secondary N) is 2. The largest absolute Gasteiger partial charge is 0.489 e. The van der Waals surface area contributed by atoms with Crippen LogP contribution in [0.15, 0.2) is 71.2 Å². The second-order valence-electron chi connectivity index (χ2n) is 7.11. The lowest BCUT2D eigenvalue weighted by atomic mass is 10.2. The molecule has 0 saturated carbocycles. The molecule has 0 bridgehead atoms. The minimum atomic E-state index is 0.445. The maximum Gasteiger partial charge on any atom is 0.124 e. The van der Waals surface area contributed by atoms with Crippen LogP contribution in [0.3, 0.4) is 0 Å². The first-order valence-electron chi connectivity index (χ1n) is 9.98. The summed E-state index contributed by atoms with van der Waals surface area (Å²) in [6.45, 7) is 2.07. The zero-order valence-corrected chi connectivity index (χ0v) is 18.8. The number of halogens is 2. The van der Waals surface area contributed by atoms with Crippen LogP contribution in [-0.4, -0.2) is 16.5 Å². The molecule has 1 heterocycles. The molecule has 4 rings (SSSR count). The van der Waals surface area contributed by atoms with E-state index in [1.807, 2.05) is 54.6 Å². The SMILES string of the molecule is Clc1ccccc1COc1ccc(Br)cc1CNCCCc1nc2ccccc2[nH]1. The van der Waals surface area contributed by atoms with E-state index in [2.05, 4.69) is 43.3 Å². The van der Waals surface area contributed by atoms with Crippen LogP contribution in [0.1, 0.15) is 23.4 Å². The van der Waals surface area contributed by atoms with Gasteiger partial charge >= 0.3 is 0 Å². The van der Waals surface area contributed by atoms with Crippen LogP contribution in [0, 0.1) is 0 Å². The van der Waals surface area contributed by atoms with Gasteiger partial charge in [-0.1, -0.05) is 57.9 Å². The summed E-state index contributed by atoms with van der Waals surface area (Å²) in [6.07, 6.45) is 1.92. The third-order valence-corrected chi connectivity index (χ3v) is 5.75. The van der Waals surface area contributed by atoms with Crippen molar-refractivity contribution in [1.29, 1.82) is 0 Å². The molecule has 3 aromatic carbocycles. The Bertz CT molecular complexity index is 1100. The topological polar surface area (TPSA) is 49.9 Å². The molecule has 0 unspecified atom stereocenters. The minimum absolute atomic E-state index is 0.445. The van der Waals surface area contributed by atoms with Gasteiger partial charge in [0.05, 0.1) is 11.0 Å². The van der Waals surface area contributed by atoms with Gasteiger partial charge in [0.25, 0.3) is 0 Å². The molecule has 6 heteroatoms. The molecule has 1 aromatic heterocycles. The third kappa shape index (κ3) is 5.42. The number of aromatic nitrogens is 2. The number of imidazole rings is 1. The molecular formula is C24H23BrClN3O. The molecular weight excluding hydrogens is 462 g/mol. The van der Waals surface area contributed by atoms with Crippen LogP contribution in [0.2, 0.25) is 5.02 Å². The van der Waals surface area contributed by atoms with Crippen LogP contribution < -0.4 is 10.1 Å². The average molecular weight is 485 g/mol. The first-order chi connectivity index (χ1) is 14.7. The van der Waals surface area contributed by atoms with Gasteiger partial charge in [-0.05, 0) is 49.4 Å². The Balaban J connectivity index is 1.29. The summed E-state index contributed by atoms with van der Waals surface area (Å²) in [5.74, 6) is 1.90. The number of ether oxygens (including phenoxy) is 1. The molecule has 0 aliphatic heterocycles. The highest BCUT2D eigenvalue weighted by molar-refractivity contribution is 9.10. The molecule has 0 aliphatic carbocycles. The minimum Gasteiger partial charge on any atom is -0.489 e. The van der Waals surface area contributed by atoms with E-state index in [9.17, 15) is 0 Å². The van der Waals surface area contributed by atoms with Gasteiger partial charge in [-0.15, -0.1) is 0 Å². The van der Waals surface area contributed by atoms with Crippen LogP contribution in [-0.2, 0) is 19.6 Å². The Morgan fingerprint density at radius 3 is 2.70 bits per heavy atom. The normalized spacial score (nSPS) is 11.1. The average Bonchev–Trinajstić information content (AvgIpc) is 3.17. The number of nitrogens with zero attached hydrogens (tertiary/aromatic N) is 1. The van der Waals surface area contributed by atoms with E-state index < -0.39 is 0 Å². The lowest BCUT2D eigenvalue weighted by molar-refractivity contribution is 0.302. The van der Waals surface area contributed by atoms with E-state index in [0.717, 1.165) is 69.2 Å². The summed E-state index contributed by atoms with van der Waals surface area (Å²) in [6, 6.07) is 22.0. The first-order valence-corrected chi connectivity index (χ1v) is 11.1. The van der Waals surface area contributed by atoms with Gasteiger partial charge in [-0.25, -0.2) is 4.98 Å². The van der Waals surface area contributed by atoms with Crippen LogP contribution in [0.4, 0.5) is 0 Å². The van der Waals surface area contributed by atoms with Crippen molar-refractivity contribution in [3.05, 3.63) is 93.2 Å². The Morgan fingerprint density at radius 1 is 1.00 bits per heavy atom. The number of aromatic amines is 1. The van der Waals surface area contributed by atoms with Crippen molar-refractivity contribution in [2.45, 2.75) is 26.0 Å². The van der Waals surface area contributed by atoms with Gasteiger partial charge in [0.15, 0.2) is 0 Å². The Morgan fingerprint density at radius 2 is 1.83 bits per heavy atom. The number of aryl methyl sites for hydroxylation is 1. The second kappa shape index (κ2) is 10.1. The first kappa shape index (κ1) is 20.9. The number of H-pyrrole nitrogens is 1. The van der Waals surface area contributed by atoms with Crippen LogP contribution >= 0.6 is 27.5 Å². The fourth-order valence-corrected chi connectivity index (χ4v) is 3.92. The second-order valence-corrected chi connectivity index (χ2v) is 8.44. The predicted molar refractivity (Wildman–Crippen MR) is 126 cm³/mol. The quantitative estimate of drug-likeness (QED) is 0.275. The Hall–Kier alpha value is -2.34. The molecule has 0 aliphatic rings. The Labute approximate surface area is 189 Å². The lowest BCUT2D eigenvalue weighted by Crippen LogP contribution is -2.16. The van der Waals surface area contributed by atoms with E-state index in [1.54, 1.807) is 0 Å². The molecule has 0 spiro atoms. The van der Waals surface area contributed by atoms with Crippen molar-refractivity contribution in [3.63, 3.8) is 0 Å². The van der Waals surface area contributed by atoms with Gasteiger partial charge in [-0.2, -0.15) is 0 Å². The number of para-hydroxylation sites is 2. The fourth-order valence-electron chi connectivity index (χ4n) is 3.33. The summed E-state index contributed by atoms with van der Waals surface area (Å²) in [5.41, 5.74) is 4.21. The lowest BCUT2D eigenvalue weighted by Gasteiger charge is -2.13. The van der Waals surface area contributed by atoms with E-state index in [4.69, 9.17) is 16.3 Å². The van der Waals surface area contributed by atoms with E-state index in [-0.39, 0.29) is 0 Å². The zero-order valence-electron chi connectivity index (χ0n) is 16.5. The molecule has 154 valence electrons. The van der Waals surface area contributed by atoms with Crippen molar-refractivity contribution in [1.82, 2.24) is 15.3 Å². The van der Waals surface area contributed by atoms with Crippen molar-refractivity contribution < 1.29 is 4.74 Å². The number of benzene rings is 3. The summed E-state index contributed by atoms with van der Waals surface area (Å²) < 4.78 is 7.09. The summed E-state index contributed by atoms with van der Waals surface area (Å²) >= 11 is 9.80. The molecule has 0 fully saturated rings. The highest BCUT2D eigenvalue weighted by Crippen LogP contribution is 2.25. The van der Waals surface area contributed by atoms with Gasteiger partial charge in [-0.3, -0.25) is 0 Å². The highest BCUT2D eigenvalue weighted by Gasteiger charge is 2.07. The maximum absolute atomic E-state index is 6.24. The monoisotopic (exact) mass is 483 g/mol. The molecule has 0 atom stereocenters. The van der Waals surface area contributed by atoms with Crippen molar-refractivity contribution in [3.8, 4) is 5.75 Å². The Kier molecular flexibility index (Phi) is 7.05. The smallest absolute Gasteiger partial charge is 0.124 e. The van der Waals surface area contributed by atoms with Gasteiger partial charge in [0, 0.05) is 33.6 Å². The van der Waals surface area contributed by atoms with Gasteiger partial charge < -0.3 is 15.0 Å². The van der Waals surface area contributed by atoms with E-state index >= 15 is 0 Å². The van der Waals surface area contributed by atoms with E-state index in [0.29, 0.717) is 6.61 Å². The molecule has 30 heavy (non-hydrogen) atoms.